The van der Waals surface area contributed by atoms with Gasteiger partial charge in [-0.05, 0) is 20.8 Å². The number of nitrogens with zero attached hydrogens (tertiary/aromatic N) is 7. The molecule has 17 heteroatoms. The van der Waals surface area contributed by atoms with Crippen molar-refractivity contribution in [3.8, 4) is 0 Å². The molecule has 226 valence electrons. The summed E-state index contributed by atoms with van der Waals surface area (Å²) in [4.78, 5) is 71.2. The number of hydrogen-bond donors (Lipinski definition) is 1. The fourth-order valence-corrected chi connectivity index (χ4v) is 5.45. The van der Waals surface area contributed by atoms with Crippen LogP contribution in [0.15, 0.2) is 14.4 Å². The number of rotatable bonds is 15. The molecule has 0 radical (unpaired) electrons. The lowest BCUT2D eigenvalue weighted by atomic mass is 9.95. The van der Waals surface area contributed by atoms with E-state index < -0.39 is 41.0 Å². The first-order valence-electron chi connectivity index (χ1n) is 12.8. The molecule has 2 aliphatic heterocycles. The number of carbonyl (C=O) groups is 2. The number of amides is 4. The number of methoxy groups -OCH3 is 3. The summed E-state index contributed by atoms with van der Waals surface area (Å²) in [7, 11) is 4.30. The Morgan fingerprint density at radius 2 is 1.05 bits per heavy atom. The van der Waals surface area contributed by atoms with E-state index in [4.69, 9.17) is 18.9 Å². The van der Waals surface area contributed by atoms with Crippen molar-refractivity contribution in [3.05, 3.63) is 31.5 Å². The first-order chi connectivity index (χ1) is 19.0. The Kier molecular flexibility index (Phi) is 9.78. The SMILES string of the molecule is CCN1C(=O)N(COCCn2c(=O)n(CCO)c(=O)n(CCOC)c2=O)C2(C)N(COC)C(=O)N(COC)C12C. The minimum atomic E-state index is -1.23. The van der Waals surface area contributed by atoms with Crippen LogP contribution >= 0.6 is 0 Å². The zero-order valence-corrected chi connectivity index (χ0v) is 23.8. The number of ether oxygens (including phenoxy) is 4. The smallest absolute Gasteiger partial charge is 0.336 e. The van der Waals surface area contributed by atoms with Gasteiger partial charge in [-0.25, -0.2) is 37.7 Å². The molecule has 2 unspecified atom stereocenters. The molecule has 40 heavy (non-hydrogen) atoms. The highest BCUT2D eigenvalue weighted by atomic mass is 16.5. The van der Waals surface area contributed by atoms with Gasteiger partial charge < -0.3 is 24.1 Å². The fourth-order valence-electron chi connectivity index (χ4n) is 5.45. The van der Waals surface area contributed by atoms with Gasteiger partial charge in [0, 0.05) is 27.9 Å². The van der Waals surface area contributed by atoms with Crippen LogP contribution in [0.2, 0.25) is 0 Å². The molecule has 4 amide bonds. The number of hydrogen-bond acceptors (Lipinski definition) is 10. The quantitative estimate of drug-likeness (QED) is 0.230. The van der Waals surface area contributed by atoms with Gasteiger partial charge in [0.05, 0.1) is 39.5 Å². The molecular weight excluding hydrogens is 534 g/mol. The molecule has 0 saturated carbocycles. The zero-order valence-electron chi connectivity index (χ0n) is 23.8. The number of urea groups is 2. The summed E-state index contributed by atoms with van der Waals surface area (Å²) in [5, 5.41) is 9.31. The predicted octanol–water partition coefficient (Wildman–Crippen LogP) is -2.08. The van der Waals surface area contributed by atoms with Crippen molar-refractivity contribution < 1.29 is 33.6 Å². The molecule has 2 atom stereocenters. The number of aliphatic hydroxyl groups excluding tert-OH is 1. The average Bonchev–Trinajstić information content (AvgIpc) is 3.18. The second-order valence-corrected chi connectivity index (χ2v) is 9.53. The molecule has 2 fully saturated rings. The summed E-state index contributed by atoms with van der Waals surface area (Å²) in [6.07, 6.45) is 0. The maximum absolute atomic E-state index is 13.6. The summed E-state index contributed by atoms with van der Waals surface area (Å²) in [5.41, 5.74) is -4.96. The third kappa shape index (κ3) is 4.70. The maximum Gasteiger partial charge on any atom is 0.336 e. The first kappa shape index (κ1) is 31.3. The highest BCUT2D eigenvalue weighted by molar-refractivity contribution is 5.88. The third-order valence-corrected chi connectivity index (χ3v) is 7.66. The van der Waals surface area contributed by atoms with E-state index in [0.29, 0.717) is 6.54 Å². The van der Waals surface area contributed by atoms with Gasteiger partial charge in [0.1, 0.15) is 20.2 Å². The molecule has 2 aliphatic rings. The Labute approximate surface area is 230 Å². The summed E-state index contributed by atoms with van der Waals surface area (Å²) in [6, 6.07) is -0.781. The van der Waals surface area contributed by atoms with Crippen LogP contribution in [-0.2, 0) is 38.6 Å². The predicted molar refractivity (Wildman–Crippen MR) is 138 cm³/mol. The number of aromatic nitrogens is 3. The van der Waals surface area contributed by atoms with Gasteiger partial charge in [-0.15, -0.1) is 0 Å². The van der Waals surface area contributed by atoms with E-state index >= 15 is 0 Å². The Morgan fingerprint density at radius 3 is 1.50 bits per heavy atom. The van der Waals surface area contributed by atoms with Gasteiger partial charge in [-0.3, -0.25) is 19.6 Å². The van der Waals surface area contributed by atoms with Crippen LogP contribution in [0.3, 0.4) is 0 Å². The maximum atomic E-state index is 13.6. The van der Waals surface area contributed by atoms with Crippen LogP contribution in [0.1, 0.15) is 20.8 Å². The molecule has 0 spiro atoms. The van der Waals surface area contributed by atoms with E-state index in [1.54, 1.807) is 25.7 Å². The summed E-state index contributed by atoms with van der Waals surface area (Å²) < 4.78 is 23.8. The second kappa shape index (κ2) is 12.5. The Bertz CT molecular complexity index is 1260. The monoisotopic (exact) mass is 573 g/mol. The van der Waals surface area contributed by atoms with Crippen molar-refractivity contribution >= 4 is 12.1 Å². The summed E-state index contributed by atoms with van der Waals surface area (Å²) >= 11 is 0. The molecule has 3 rings (SSSR count). The standard InChI is InChI=1S/C23H39N7O10/c1-7-27-20(35)30(23(3)22(27,2)28(14-38-5)21(36)29(23)15-39-6)16-40-13-10-26-18(33)24(8-11-31)17(32)25(19(26)34)9-12-37-4/h31H,7-16H2,1-6H3. The number of carbonyl (C=O) groups excluding carboxylic acids is 2. The van der Waals surface area contributed by atoms with Crippen LogP contribution in [0.5, 0.6) is 0 Å². The van der Waals surface area contributed by atoms with Crippen molar-refractivity contribution in [1.82, 2.24) is 33.3 Å². The van der Waals surface area contributed by atoms with Gasteiger partial charge >= 0.3 is 29.1 Å². The Balaban J connectivity index is 1.89. The molecule has 1 aromatic rings. The van der Waals surface area contributed by atoms with Gasteiger partial charge in [-0.1, -0.05) is 0 Å². The summed E-state index contributed by atoms with van der Waals surface area (Å²) in [6.45, 7) is 3.93. The highest BCUT2D eigenvalue weighted by Crippen LogP contribution is 2.50. The number of likely N-dealkylation sites (N-methyl/N-ethyl adjacent to an activating group) is 1. The number of aliphatic hydroxyl groups is 1. The van der Waals surface area contributed by atoms with E-state index in [0.717, 1.165) is 13.7 Å². The molecule has 17 nitrogen and oxygen atoms in total. The lowest BCUT2D eigenvalue weighted by Crippen LogP contribution is -2.65. The average molecular weight is 574 g/mol. The Morgan fingerprint density at radius 1 is 0.625 bits per heavy atom. The number of fused-ring (bicyclic) bond motifs is 1. The van der Waals surface area contributed by atoms with Gasteiger partial charge in [0.25, 0.3) is 0 Å². The van der Waals surface area contributed by atoms with Crippen LogP contribution in [0, 0.1) is 0 Å². The van der Waals surface area contributed by atoms with Crippen LogP contribution < -0.4 is 17.1 Å². The molecule has 0 aliphatic carbocycles. The third-order valence-electron chi connectivity index (χ3n) is 7.66. The Hall–Kier alpha value is -3.25. The molecule has 0 bridgehead atoms. The first-order valence-corrected chi connectivity index (χ1v) is 12.8. The lowest BCUT2D eigenvalue weighted by molar-refractivity contribution is -0.107. The van der Waals surface area contributed by atoms with E-state index in [1.165, 1.54) is 36.0 Å². The molecule has 0 aromatic carbocycles. The van der Waals surface area contributed by atoms with Gasteiger partial charge in [0.15, 0.2) is 11.3 Å². The van der Waals surface area contributed by atoms with Gasteiger partial charge in [0.2, 0.25) is 0 Å². The van der Waals surface area contributed by atoms with Crippen molar-refractivity contribution in [2.45, 2.75) is 51.7 Å². The zero-order chi connectivity index (χ0) is 29.8. The van der Waals surface area contributed by atoms with Crippen molar-refractivity contribution in [2.75, 3.05) is 67.9 Å². The van der Waals surface area contributed by atoms with Crippen molar-refractivity contribution in [3.63, 3.8) is 0 Å². The summed E-state index contributed by atoms with van der Waals surface area (Å²) in [5.74, 6) is 0. The largest absolute Gasteiger partial charge is 0.395 e. The van der Waals surface area contributed by atoms with Gasteiger partial charge in [-0.2, -0.15) is 0 Å². The molecule has 1 aromatic heterocycles. The highest BCUT2D eigenvalue weighted by Gasteiger charge is 2.74. The normalized spacial score (nSPS) is 22.7. The van der Waals surface area contributed by atoms with E-state index in [2.05, 4.69) is 0 Å². The molecule has 2 saturated heterocycles. The van der Waals surface area contributed by atoms with E-state index in [-0.39, 0.29) is 59.1 Å². The van der Waals surface area contributed by atoms with Crippen LogP contribution in [-0.4, -0.2) is 130 Å². The lowest BCUT2D eigenvalue weighted by Gasteiger charge is -2.45. The van der Waals surface area contributed by atoms with Crippen LogP contribution in [0.4, 0.5) is 9.59 Å². The minimum absolute atomic E-state index is 0.0576. The molecule has 1 N–H and O–H groups in total. The van der Waals surface area contributed by atoms with E-state index in [9.17, 15) is 29.1 Å². The molecule has 3 heterocycles. The minimum Gasteiger partial charge on any atom is -0.395 e. The van der Waals surface area contributed by atoms with Crippen molar-refractivity contribution in [1.29, 1.82) is 0 Å². The topological polar surface area (TPSA) is 170 Å². The van der Waals surface area contributed by atoms with Crippen molar-refractivity contribution in [2.24, 2.45) is 0 Å². The molecular formula is C23H39N7O10. The second-order valence-electron chi connectivity index (χ2n) is 9.53. The van der Waals surface area contributed by atoms with Crippen LogP contribution in [0.25, 0.3) is 0 Å². The van der Waals surface area contributed by atoms with E-state index in [1.807, 2.05) is 0 Å². The fraction of sp³-hybridized carbons (Fsp3) is 0.783.